The van der Waals surface area contributed by atoms with Gasteiger partial charge in [-0.2, -0.15) is 0 Å². The van der Waals surface area contributed by atoms with Crippen LogP contribution in [0.2, 0.25) is 5.15 Å². The smallest absolute Gasteiger partial charge is 0.187 e. The number of aliphatic hydroxyl groups is 1. The number of anilines is 1. The van der Waals surface area contributed by atoms with E-state index in [9.17, 15) is 0 Å². The molecule has 0 aliphatic carbocycles. The molecule has 0 amide bonds. The molecule has 1 atom stereocenters. The summed E-state index contributed by atoms with van der Waals surface area (Å²) in [6.07, 6.45) is 0.221. The molecule has 0 spiro atoms. The molecule has 1 aromatic heterocycles. The second kappa shape index (κ2) is 4.65. The van der Waals surface area contributed by atoms with Crippen molar-refractivity contribution in [2.75, 3.05) is 24.6 Å². The second-order valence-corrected chi connectivity index (χ2v) is 4.92. The molecule has 4 nitrogen and oxygen atoms in total. The van der Waals surface area contributed by atoms with Crippen molar-refractivity contribution >= 4 is 28.1 Å². The molecule has 0 saturated carbocycles. The maximum atomic E-state index is 9.02. The topological polar surface area (TPSA) is 45.6 Å². The van der Waals surface area contributed by atoms with E-state index in [2.05, 4.69) is 9.88 Å². The molecule has 1 N–H and O–H groups in total. The quantitative estimate of drug-likeness (QED) is 0.862. The molecule has 0 aromatic carbocycles. The monoisotopic (exact) mass is 248 g/mol. The highest BCUT2D eigenvalue weighted by Crippen LogP contribution is 2.30. The fourth-order valence-electron chi connectivity index (χ4n) is 1.55. The fourth-order valence-corrected chi connectivity index (χ4v) is 2.70. The second-order valence-electron chi connectivity index (χ2n) is 3.50. The van der Waals surface area contributed by atoms with Crippen molar-refractivity contribution in [1.29, 1.82) is 0 Å². The predicted octanol–water partition coefficient (Wildman–Crippen LogP) is 1.51. The zero-order valence-electron chi connectivity index (χ0n) is 8.44. The first kappa shape index (κ1) is 11.1. The molecule has 0 bridgehead atoms. The normalized spacial score (nSPS) is 22.1. The minimum Gasteiger partial charge on any atom is -0.391 e. The van der Waals surface area contributed by atoms with Crippen molar-refractivity contribution in [3.8, 4) is 0 Å². The van der Waals surface area contributed by atoms with Crippen molar-refractivity contribution < 1.29 is 9.84 Å². The van der Waals surface area contributed by atoms with E-state index in [0.29, 0.717) is 11.8 Å². The number of halogens is 1. The molecular weight excluding hydrogens is 236 g/mol. The average molecular weight is 249 g/mol. The van der Waals surface area contributed by atoms with Crippen LogP contribution < -0.4 is 4.90 Å². The van der Waals surface area contributed by atoms with Crippen molar-refractivity contribution in [3.63, 3.8) is 0 Å². The summed E-state index contributed by atoms with van der Waals surface area (Å²) in [6, 6.07) is 0. The molecule has 1 fully saturated rings. The number of aromatic nitrogens is 1. The number of rotatable bonds is 2. The van der Waals surface area contributed by atoms with Gasteiger partial charge in [-0.1, -0.05) is 22.9 Å². The van der Waals surface area contributed by atoms with Gasteiger partial charge < -0.3 is 14.7 Å². The Bertz CT molecular complexity index is 345. The lowest BCUT2D eigenvalue weighted by molar-refractivity contribution is 0.0532. The van der Waals surface area contributed by atoms with Crippen molar-refractivity contribution in [2.24, 2.45) is 0 Å². The van der Waals surface area contributed by atoms with Gasteiger partial charge in [-0.25, -0.2) is 4.98 Å². The number of thiazole rings is 1. The number of morpholine rings is 1. The average Bonchev–Trinajstić information content (AvgIpc) is 2.60. The van der Waals surface area contributed by atoms with Crippen LogP contribution in [0.15, 0.2) is 0 Å². The van der Waals surface area contributed by atoms with Gasteiger partial charge in [0.25, 0.3) is 0 Å². The van der Waals surface area contributed by atoms with Gasteiger partial charge in [0.2, 0.25) is 0 Å². The molecule has 2 rings (SSSR count). The van der Waals surface area contributed by atoms with Crippen LogP contribution in [0.4, 0.5) is 5.13 Å². The first-order chi connectivity index (χ1) is 7.20. The summed E-state index contributed by atoms with van der Waals surface area (Å²) in [4.78, 5) is 7.10. The summed E-state index contributed by atoms with van der Waals surface area (Å²) in [7, 11) is 0. The third kappa shape index (κ3) is 2.42. The zero-order chi connectivity index (χ0) is 10.8. The minimum absolute atomic E-state index is 0.0452. The lowest BCUT2D eigenvalue weighted by atomic mass is 10.3. The lowest BCUT2D eigenvalue weighted by Gasteiger charge is -2.30. The largest absolute Gasteiger partial charge is 0.391 e. The molecule has 1 aliphatic heterocycles. The van der Waals surface area contributed by atoms with Gasteiger partial charge in [-0.3, -0.25) is 0 Å². The third-order valence-electron chi connectivity index (χ3n) is 2.29. The Balaban J connectivity index is 2.14. The van der Waals surface area contributed by atoms with Gasteiger partial charge in [-0.05, 0) is 6.92 Å². The summed E-state index contributed by atoms with van der Waals surface area (Å²) in [6.45, 7) is 4.37. The predicted molar refractivity (Wildman–Crippen MR) is 60.7 cm³/mol. The van der Waals surface area contributed by atoms with Gasteiger partial charge in [0.1, 0.15) is 5.15 Å². The highest BCUT2D eigenvalue weighted by Gasteiger charge is 2.20. The Morgan fingerprint density at radius 1 is 1.73 bits per heavy atom. The summed E-state index contributed by atoms with van der Waals surface area (Å²) >= 11 is 7.33. The molecule has 6 heteroatoms. The number of ether oxygens (including phenoxy) is 1. The third-order valence-corrected chi connectivity index (χ3v) is 3.82. The van der Waals surface area contributed by atoms with Crippen molar-refractivity contribution in [1.82, 2.24) is 4.98 Å². The minimum atomic E-state index is -0.0452. The van der Waals surface area contributed by atoms with E-state index in [1.54, 1.807) is 0 Å². The Morgan fingerprint density at radius 3 is 3.13 bits per heavy atom. The van der Waals surface area contributed by atoms with E-state index in [0.717, 1.165) is 23.1 Å². The first-order valence-electron chi connectivity index (χ1n) is 4.83. The molecule has 1 aliphatic rings. The van der Waals surface area contributed by atoms with E-state index in [1.807, 2.05) is 6.92 Å². The number of nitrogens with zero attached hydrogens (tertiary/aromatic N) is 2. The van der Waals surface area contributed by atoms with Gasteiger partial charge in [0.05, 0.1) is 24.2 Å². The number of hydrogen-bond acceptors (Lipinski definition) is 5. The van der Waals surface area contributed by atoms with Gasteiger partial charge in [-0.15, -0.1) is 0 Å². The van der Waals surface area contributed by atoms with E-state index in [-0.39, 0.29) is 12.7 Å². The highest BCUT2D eigenvalue weighted by atomic mass is 35.5. The van der Waals surface area contributed by atoms with Crippen LogP contribution in [0.5, 0.6) is 0 Å². The number of hydrogen-bond donors (Lipinski definition) is 1. The summed E-state index contributed by atoms with van der Waals surface area (Å²) in [5.41, 5.74) is 0. The van der Waals surface area contributed by atoms with E-state index < -0.39 is 0 Å². The molecule has 0 radical (unpaired) electrons. The van der Waals surface area contributed by atoms with Crippen molar-refractivity contribution in [3.05, 3.63) is 10.0 Å². The van der Waals surface area contributed by atoms with Crippen LogP contribution in [0.1, 0.15) is 11.8 Å². The Morgan fingerprint density at radius 2 is 2.53 bits per heavy atom. The van der Waals surface area contributed by atoms with E-state index >= 15 is 0 Å². The molecule has 2 heterocycles. The van der Waals surface area contributed by atoms with Crippen LogP contribution in [-0.2, 0) is 11.3 Å². The zero-order valence-corrected chi connectivity index (χ0v) is 10.0. The summed E-state index contributed by atoms with van der Waals surface area (Å²) in [5.74, 6) is 0. The summed E-state index contributed by atoms with van der Waals surface area (Å²) < 4.78 is 5.45. The molecular formula is C9H13ClN2O2S. The lowest BCUT2D eigenvalue weighted by Crippen LogP contribution is -2.41. The van der Waals surface area contributed by atoms with Crippen molar-refractivity contribution in [2.45, 2.75) is 19.6 Å². The van der Waals surface area contributed by atoms with E-state index in [4.69, 9.17) is 21.4 Å². The molecule has 15 heavy (non-hydrogen) atoms. The first-order valence-corrected chi connectivity index (χ1v) is 6.02. The standard InChI is InChI=1S/C9H13ClN2O2S/c1-6-4-12(2-3-14-6)9-11-8(10)7(5-13)15-9/h6,13H,2-5H2,1H3. The molecule has 1 saturated heterocycles. The Hall–Kier alpha value is -0.360. The molecule has 84 valence electrons. The Labute approximate surface area is 97.4 Å². The van der Waals surface area contributed by atoms with Crippen LogP contribution >= 0.6 is 22.9 Å². The van der Waals surface area contributed by atoms with Gasteiger partial charge >= 0.3 is 0 Å². The van der Waals surface area contributed by atoms with Gasteiger partial charge in [0, 0.05) is 13.1 Å². The number of aliphatic hydroxyl groups excluding tert-OH is 1. The fraction of sp³-hybridized carbons (Fsp3) is 0.667. The molecule has 1 unspecified atom stereocenters. The van der Waals surface area contributed by atoms with Crippen LogP contribution in [-0.4, -0.2) is 35.9 Å². The maximum absolute atomic E-state index is 9.02. The highest BCUT2D eigenvalue weighted by molar-refractivity contribution is 7.16. The molecule has 1 aromatic rings. The SMILES string of the molecule is CC1CN(c2nc(Cl)c(CO)s2)CCO1. The van der Waals surface area contributed by atoms with Crippen LogP contribution in [0.25, 0.3) is 0 Å². The van der Waals surface area contributed by atoms with Crippen LogP contribution in [0, 0.1) is 0 Å². The Kier molecular flexibility index (Phi) is 3.45. The maximum Gasteiger partial charge on any atom is 0.187 e. The van der Waals surface area contributed by atoms with Gasteiger partial charge in [0.15, 0.2) is 5.13 Å². The van der Waals surface area contributed by atoms with E-state index in [1.165, 1.54) is 11.3 Å². The van der Waals surface area contributed by atoms with Crippen LogP contribution in [0.3, 0.4) is 0 Å². The summed E-state index contributed by atoms with van der Waals surface area (Å²) in [5, 5.41) is 10.3.